The zero-order valence-electron chi connectivity index (χ0n) is 10.8. The number of rotatable bonds is 5. The molecular formula is C13H16BrN3O2. The third-order valence-electron chi connectivity index (χ3n) is 2.87. The Balaban J connectivity index is 2.34. The molecule has 0 bridgehead atoms. The Morgan fingerprint density at radius 2 is 2.05 bits per heavy atom. The van der Waals surface area contributed by atoms with Crippen molar-refractivity contribution in [2.45, 2.75) is 19.1 Å². The number of hydrogen-bond donors (Lipinski definition) is 1. The average Bonchev–Trinajstić information content (AvgIpc) is 2.76. The van der Waals surface area contributed by atoms with Gasteiger partial charge in [0.05, 0.1) is 0 Å². The van der Waals surface area contributed by atoms with E-state index in [9.17, 15) is 5.11 Å². The molecule has 0 saturated carbocycles. The van der Waals surface area contributed by atoms with Crippen molar-refractivity contribution < 1.29 is 9.84 Å². The van der Waals surface area contributed by atoms with Crippen LogP contribution in [0.3, 0.4) is 0 Å². The lowest BCUT2D eigenvalue weighted by Gasteiger charge is -2.23. The first kappa shape index (κ1) is 14.2. The molecule has 1 aromatic carbocycles. The maximum atomic E-state index is 10.6. The van der Waals surface area contributed by atoms with Gasteiger partial charge >= 0.3 is 0 Å². The quantitative estimate of drug-likeness (QED) is 0.916. The predicted octanol–water partition coefficient (Wildman–Crippen LogP) is 2.39. The van der Waals surface area contributed by atoms with E-state index < -0.39 is 12.2 Å². The van der Waals surface area contributed by atoms with Crippen molar-refractivity contribution in [3.05, 3.63) is 46.2 Å². The number of nitrogens with zero attached hydrogens (tertiary/aromatic N) is 3. The monoisotopic (exact) mass is 325 g/mol. The molecule has 0 aliphatic heterocycles. The van der Waals surface area contributed by atoms with Crippen molar-refractivity contribution in [2.75, 3.05) is 6.61 Å². The van der Waals surface area contributed by atoms with E-state index in [0.717, 1.165) is 5.56 Å². The Hall–Kier alpha value is -1.24. The minimum Gasteiger partial charge on any atom is -0.384 e. The van der Waals surface area contributed by atoms with Crippen molar-refractivity contribution in [3.8, 4) is 0 Å². The summed E-state index contributed by atoms with van der Waals surface area (Å²) < 4.78 is 7.76. The van der Waals surface area contributed by atoms with Crippen molar-refractivity contribution in [1.82, 2.24) is 15.0 Å². The van der Waals surface area contributed by atoms with Gasteiger partial charge in [-0.1, -0.05) is 35.5 Å². The summed E-state index contributed by atoms with van der Waals surface area (Å²) >= 11 is 3.30. The van der Waals surface area contributed by atoms with Crippen molar-refractivity contribution in [1.29, 1.82) is 0 Å². The normalized spacial score (nSPS) is 14.3. The van der Waals surface area contributed by atoms with E-state index in [0.29, 0.717) is 16.9 Å². The van der Waals surface area contributed by atoms with Gasteiger partial charge < -0.3 is 9.84 Å². The van der Waals surface area contributed by atoms with Crippen LogP contribution in [0.2, 0.25) is 0 Å². The second kappa shape index (κ2) is 6.27. The summed E-state index contributed by atoms with van der Waals surface area (Å²) in [6, 6.07) is 9.64. The number of halogens is 1. The van der Waals surface area contributed by atoms with E-state index in [1.54, 1.807) is 11.7 Å². The highest BCUT2D eigenvalue weighted by atomic mass is 79.9. The standard InChI is InChI=1S/C13H16BrN3O2/c1-3-19-12(9-7-5-4-6-8-9)11(18)10-13(14)15-16-17(10)2/h4-8,11-12,18H,3H2,1-2H3. The molecule has 2 rings (SSSR count). The number of aromatic nitrogens is 3. The van der Waals surface area contributed by atoms with Gasteiger partial charge in [0.1, 0.15) is 17.9 Å². The van der Waals surface area contributed by atoms with Crippen LogP contribution in [0.4, 0.5) is 0 Å². The molecular weight excluding hydrogens is 310 g/mol. The molecule has 102 valence electrons. The van der Waals surface area contributed by atoms with Gasteiger partial charge in [0, 0.05) is 13.7 Å². The van der Waals surface area contributed by atoms with Crippen LogP contribution >= 0.6 is 15.9 Å². The Morgan fingerprint density at radius 1 is 1.37 bits per heavy atom. The second-order valence-electron chi connectivity index (χ2n) is 4.12. The Labute approximate surface area is 120 Å². The fourth-order valence-electron chi connectivity index (χ4n) is 1.99. The topological polar surface area (TPSA) is 60.2 Å². The van der Waals surface area contributed by atoms with Crippen LogP contribution in [0.15, 0.2) is 34.9 Å². The summed E-state index contributed by atoms with van der Waals surface area (Å²) in [6.45, 7) is 2.42. The summed E-state index contributed by atoms with van der Waals surface area (Å²) in [5, 5.41) is 18.3. The molecule has 2 atom stereocenters. The second-order valence-corrected chi connectivity index (χ2v) is 4.87. The highest BCUT2D eigenvalue weighted by Gasteiger charge is 2.28. The van der Waals surface area contributed by atoms with E-state index in [4.69, 9.17) is 4.74 Å². The maximum Gasteiger partial charge on any atom is 0.154 e. The molecule has 1 N–H and O–H groups in total. The Bertz CT molecular complexity index is 510. The zero-order chi connectivity index (χ0) is 13.8. The van der Waals surface area contributed by atoms with Gasteiger partial charge in [0.2, 0.25) is 0 Å². The third-order valence-corrected chi connectivity index (χ3v) is 3.43. The molecule has 0 spiro atoms. The first-order valence-electron chi connectivity index (χ1n) is 6.04. The smallest absolute Gasteiger partial charge is 0.154 e. The molecule has 0 aliphatic rings. The van der Waals surface area contributed by atoms with Gasteiger partial charge in [-0.25, -0.2) is 4.68 Å². The number of aliphatic hydroxyl groups is 1. The minimum atomic E-state index is -0.836. The molecule has 5 nitrogen and oxygen atoms in total. The molecule has 2 unspecified atom stereocenters. The molecule has 0 amide bonds. The van der Waals surface area contributed by atoms with Gasteiger partial charge in [-0.05, 0) is 28.4 Å². The van der Waals surface area contributed by atoms with Crippen molar-refractivity contribution in [3.63, 3.8) is 0 Å². The van der Waals surface area contributed by atoms with Crippen molar-refractivity contribution in [2.24, 2.45) is 7.05 Å². The van der Waals surface area contributed by atoms with Crippen LogP contribution in [0.5, 0.6) is 0 Å². The summed E-state index contributed by atoms with van der Waals surface area (Å²) in [5.74, 6) is 0. The first-order chi connectivity index (χ1) is 9.15. The van der Waals surface area contributed by atoms with Crippen LogP contribution in [0, 0.1) is 0 Å². The lowest BCUT2D eigenvalue weighted by molar-refractivity contribution is -0.0397. The number of ether oxygens (including phenoxy) is 1. The van der Waals surface area contributed by atoms with Crippen LogP contribution in [-0.2, 0) is 11.8 Å². The zero-order valence-corrected chi connectivity index (χ0v) is 12.4. The van der Waals surface area contributed by atoms with Gasteiger partial charge in [0.15, 0.2) is 4.60 Å². The fourth-order valence-corrected chi connectivity index (χ4v) is 2.55. The van der Waals surface area contributed by atoms with Gasteiger partial charge in [-0.3, -0.25) is 0 Å². The van der Waals surface area contributed by atoms with E-state index in [-0.39, 0.29) is 0 Å². The largest absolute Gasteiger partial charge is 0.384 e. The Morgan fingerprint density at radius 3 is 2.58 bits per heavy atom. The van der Waals surface area contributed by atoms with Crippen LogP contribution in [0.1, 0.15) is 30.4 Å². The van der Waals surface area contributed by atoms with E-state index >= 15 is 0 Å². The number of aryl methyl sites for hydroxylation is 1. The molecule has 6 heteroatoms. The highest BCUT2D eigenvalue weighted by Crippen LogP contribution is 2.34. The van der Waals surface area contributed by atoms with Crippen LogP contribution in [0.25, 0.3) is 0 Å². The fraction of sp³-hybridized carbons (Fsp3) is 0.385. The van der Waals surface area contributed by atoms with Gasteiger partial charge in [-0.2, -0.15) is 0 Å². The number of hydrogen-bond acceptors (Lipinski definition) is 4. The molecule has 0 fully saturated rings. The van der Waals surface area contributed by atoms with E-state index in [1.165, 1.54) is 0 Å². The number of aliphatic hydroxyl groups excluding tert-OH is 1. The summed E-state index contributed by atoms with van der Waals surface area (Å²) in [6.07, 6.45) is -1.28. The van der Waals surface area contributed by atoms with Gasteiger partial charge in [0.25, 0.3) is 0 Å². The van der Waals surface area contributed by atoms with Crippen LogP contribution in [-0.4, -0.2) is 26.7 Å². The molecule has 1 aromatic heterocycles. The minimum absolute atomic E-state index is 0.445. The summed E-state index contributed by atoms with van der Waals surface area (Å²) in [4.78, 5) is 0. The highest BCUT2D eigenvalue weighted by molar-refractivity contribution is 9.10. The van der Waals surface area contributed by atoms with Crippen LogP contribution < -0.4 is 0 Å². The van der Waals surface area contributed by atoms with E-state index in [1.807, 2.05) is 37.3 Å². The first-order valence-corrected chi connectivity index (χ1v) is 6.84. The van der Waals surface area contributed by atoms with Gasteiger partial charge in [-0.15, -0.1) is 5.10 Å². The van der Waals surface area contributed by atoms with Crippen molar-refractivity contribution >= 4 is 15.9 Å². The molecule has 19 heavy (non-hydrogen) atoms. The molecule has 0 aliphatic carbocycles. The molecule has 2 aromatic rings. The predicted molar refractivity (Wildman–Crippen MR) is 74.5 cm³/mol. The van der Waals surface area contributed by atoms with E-state index in [2.05, 4.69) is 26.2 Å². The molecule has 1 heterocycles. The lowest BCUT2D eigenvalue weighted by Crippen LogP contribution is -2.17. The average molecular weight is 326 g/mol. The lowest BCUT2D eigenvalue weighted by atomic mass is 10.0. The summed E-state index contributed by atoms with van der Waals surface area (Å²) in [7, 11) is 1.74. The molecule has 0 saturated heterocycles. The SMILES string of the molecule is CCOC(c1ccccc1)C(O)c1c(Br)nnn1C. The summed E-state index contributed by atoms with van der Waals surface area (Å²) in [5.41, 5.74) is 1.52. The number of benzene rings is 1. The maximum absolute atomic E-state index is 10.6. The molecule has 0 radical (unpaired) electrons. The Kier molecular flexibility index (Phi) is 4.68. The third kappa shape index (κ3) is 3.02.